The molecule has 0 radical (unpaired) electrons. The van der Waals surface area contributed by atoms with Crippen LogP contribution >= 0.6 is 0 Å². The summed E-state index contributed by atoms with van der Waals surface area (Å²) in [6.07, 6.45) is 38.8. The minimum absolute atomic E-state index is 0.173. The number of nitrogens with zero attached hydrogens (tertiary/aromatic N) is 1. The Kier molecular flexibility index (Phi) is 35.1. The molecule has 0 aromatic carbocycles. The summed E-state index contributed by atoms with van der Waals surface area (Å²) in [5, 5.41) is 18.3. The van der Waals surface area contributed by atoms with E-state index in [1.807, 2.05) is 0 Å². The molecule has 0 rings (SSSR count). The molecule has 304 valence electrons. The SMILES string of the molecule is CCCCCC(CCCCC)CCC(CCCCCCC(=O)O)(CCC(CCCCC)CCCCC)N(CCCN)CCCCCCCC(=O)O. The van der Waals surface area contributed by atoms with Gasteiger partial charge in [-0.1, -0.05) is 169 Å². The van der Waals surface area contributed by atoms with E-state index in [1.54, 1.807) is 0 Å². The van der Waals surface area contributed by atoms with E-state index in [0.717, 1.165) is 82.8 Å². The molecule has 0 aromatic rings. The zero-order chi connectivity index (χ0) is 37.8. The molecule has 6 nitrogen and oxygen atoms in total. The number of hydrogen-bond acceptors (Lipinski definition) is 4. The minimum atomic E-state index is -0.680. The average molecular weight is 723 g/mol. The number of unbranched alkanes of at least 4 members (excludes halogenated alkanes) is 15. The lowest BCUT2D eigenvalue weighted by Crippen LogP contribution is -2.50. The molecule has 51 heavy (non-hydrogen) atoms. The van der Waals surface area contributed by atoms with Crippen molar-refractivity contribution in [3.05, 3.63) is 0 Å². The number of nitrogens with two attached hydrogens (primary N) is 1. The first-order valence-corrected chi connectivity index (χ1v) is 22.7. The normalized spacial score (nSPS) is 12.2. The quantitative estimate of drug-likeness (QED) is 0.0543. The molecule has 4 N–H and O–H groups in total. The van der Waals surface area contributed by atoms with Gasteiger partial charge >= 0.3 is 11.9 Å². The number of hydrogen-bond donors (Lipinski definition) is 3. The van der Waals surface area contributed by atoms with Crippen molar-refractivity contribution in [2.24, 2.45) is 17.6 Å². The van der Waals surface area contributed by atoms with Crippen molar-refractivity contribution in [2.45, 2.75) is 245 Å². The highest BCUT2D eigenvalue weighted by atomic mass is 16.4. The molecule has 0 amide bonds. The largest absolute Gasteiger partial charge is 0.481 e. The van der Waals surface area contributed by atoms with Crippen molar-refractivity contribution in [3.8, 4) is 0 Å². The first-order chi connectivity index (χ1) is 24.8. The van der Waals surface area contributed by atoms with E-state index < -0.39 is 11.9 Å². The van der Waals surface area contributed by atoms with Crippen LogP contribution < -0.4 is 5.73 Å². The van der Waals surface area contributed by atoms with Crippen LogP contribution in [0.5, 0.6) is 0 Å². The van der Waals surface area contributed by atoms with E-state index in [2.05, 4.69) is 32.6 Å². The summed E-state index contributed by atoms with van der Waals surface area (Å²) < 4.78 is 0. The second-order valence-corrected chi connectivity index (χ2v) is 16.4. The van der Waals surface area contributed by atoms with Gasteiger partial charge in [0.15, 0.2) is 0 Å². The van der Waals surface area contributed by atoms with Crippen LogP contribution in [0.4, 0.5) is 0 Å². The average Bonchev–Trinajstić information content (AvgIpc) is 3.11. The Labute approximate surface area is 318 Å². The second kappa shape index (κ2) is 35.9. The monoisotopic (exact) mass is 723 g/mol. The maximum Gasteiger partial charge on any atom is 0.303 e. The van der Waals surface area contributed by atoms with Crippen molar-refractivity contribution < 1.29 is 19.8 Å². The number of carboxylic acid groups (broad SMARTS) is 2. The Morgan fingerprint density at radius 1 is 0.471 bits per heavy atom. The minimum Gasteiger partial charge on any atom is -0.481 e. The number of aliphatic carboxylic acids is 2. The molecule has 0 atom stereocenters. The second-order valence-electron chi connectivity index (χ2n) is 16.4. The predicted molar refractivity (Wildman–Crippen MR) is 221 cm³/mol. The summed E-state index contributed by atoms with van der Waals surface area (Å²) in [7, 11) is 0. The van der Waals surface area contributed by atoms with Crippen LogP contribution in [0, 0.1) is 11.8 Å². The molecule has 0 saturated heterocycles. The van der Waals surface area contributed by atoms with Crippen LogP contribution in [-0.4, -0.2) is 52.2 Å². The molecule has 0 bridgehead atoms. The van der Waals surface area contributed by atoms with Crippen molar-refractivity contribution >= 4 is 11.9 Å². The lowest BCUT2D eigenvalue weighted by molar-refractivity contribution is -0.138. The van der Waals surface area contributed by atoms with E-state index in [9.17, 15) is 14.7 Å². The topological polar surface area (TPSA) is 104 Å². The molecule has 0 spiro atoms. The van der Waals surface area contributed by atoms with Crippen LogP contribution in [0.3, 0.4) is 0 Å². The summed E-state index contributed by atoms with van der Waals surface area (Å²) in [5.74, 6) is 0.276. The van der Waals surface area contributed by atoms with Crippen LogP contribution in [0.25, 0.3) is 0 Å². The van der Waals surface area contributed by atoms with E-state index in [1.165, 1.54) is 148 Å². The van der Waals surface area contributed by atoms with Crippen LogP contribution in [0.1, 0.15) is 240 Å². The third kappa shape index (κ3) is 29.0. The van der Waals surface area contributed by atoms with Gasteiger partial charge in [-0.05, 0) is 89.3 Å². The van der Waals surface area contributed by atoms with E-state index in [4.69, 9.17) is 10.8 Å². The number of rotatable bonds is 41. The summed E-state index contributed by atoms with van der Waals surface area (Å²) >= 11 is 0. The third-order valence-corrected chi connectivity index (χ3v) is 11.8. The van der Waals surface area contributed by atoms with Gasteiger partial charge in [-0.15, -0.1) is 0 Å². The number of carboxylic acids is 2. The van der Waals surface area contributed by atoms with Gasteiger partial charge in [0.25, 0.3) is 0 Å². The predicted octanol–water partition coefficient (Wildman–Crippen LogP) is 13.3. The number of carbonyl (C=O) groups is 2. The molecule has 0 heterocycles. The maximum absolute atomic E-state index is 11.2. The van der Waals surface area contributed by atoms with Gasteiger partial charge < -0.3 is 15.9 Å². The lowest BCUT2D eigenvalue weighted by Gasteiger charge is -2.47. The van der Waals surface area contributed by atoms with Gasteiger partial charge in [0.05, 0.1) is 0 Å². The van der Waals surface area contributed by atoms with E-state index in [-0.39, 0.29) is 18.4 Å². The van der Waals surface area contributed by atoms with Crippen molar-refractivity contribution in [1.29, 1.82) is 0 Å². The smallest absolute Gasteiger partial charge is 0.303 e. The molecular formula is C45H90N2O4. The molecule has 0 saturated carbocycles. The Hall–Kier alpha value is -1.14. The van der Waals surface area contributed by atoms with Crippen molar-refractivity contribution in [1.82, 2.24) is 4.90 Å². The lowest BCUT2D eigenvalue weighted by atomic mass is 9.75. The zero-order valence-electron chi connectivity index (χ0n) is 34.8. The molecule has 0 aliphatic rings. The summed E-state index contributed by atoms with van der Waals surface area (Å²) in [5.41, 5.74) is 6.40. The molecule has 0 aliphatic carbocycles. The van der Waals surface area contributed by atoms with Gasteiger partial charge in [0.2, 0.25) is 0 Å². The Balaban J connectivity index is 6.40. The fourth-order valence-corrected chi connectivity index (χ4v) is 8.45. The molecule has 0 fully saturated rings. The Morgan fingerprint density at radius 3 is 1.24 bits per heavy atom. The van der Waals surface area contributed by atoms with Crippen LogP contribution in [0.2, 0.25) is 0 Å². The first kappa shape index (κ1) is 49.9. The van der Waals surface area contributed by atoms with E-state index in [0.29, 0.717) is 0 Å². The zero-order valence-corrected chi connectivity index (χ0v) is 34.8. The molecule has 6 heteroatoms. The fourth-order valence-electron chi connectivity index (χ4n) is 8.45. The highest BCUT2D eigenvalue weighted by molar-refractivity contribution is 5.66. The fraction of sp³-hybridized carbons (Fsp3) is 0.956. The van der Waals surface area contributed by atoms with E-state index >= 15 is 0 Å². The maximum atomic E-state index is 11.2. The molecule has 0 aliphatic heterocycles. The van der Waals surface area contributed by atoms with Gasteiger partial charge in [0, 0.05) is 18.4 Å². The summed E-state index contributed by atoms with van der Waals surface area (Å²) in [4.78, 5) is 25.2. The van der Waals surface area contributed by atoms with Crippen LogP contribution in [0.15, 0.2) is 0 Å². The van der Waals surface area contributed by atoms with Gasteiger partial charge in [0.1, 0.15) is 0 Å². The first-order valence-electron chi connectivity index (χ1n) is 22.7. The highest BCUT2D eigenvalue weighted by Crippen LogP contribution is 2.39. The van der Waals surface area contributed by atoms with Gasteiger partial charge in [-0.25, -0.2) is 0 Å². The summed E-state index contributed by atoms with van der Waals surface area (Å²) in [6.45, 7) is 12.2. The standard InChI is InChI=1S/C45H90N2O4/c1-5-9-18-27-41(28-19-10-6-2)33-36-45(35-24-16-15-23-32-44(50)51,37-34-42(29-20-11-7-3)30-21-12-8-4)47(40-26-38-46)39-25-17-13-14-22-31-43(48)49/h41-42H,5-40,46H2,1-4H3,(H,48,49)(H,50,51). The summed E-state index contributed by atoms with van der Waals surface area (Å²) in [6, 6.07) is 0. The van der Waals surface area contributed by atoms with Crippen LogP contribution in [-0.2, 0) is 9.59 Å². The van der Waals surface area contributed by atoms with Crippen molar-refractivity contribution in [3.63, 3.8) is 0 Å². The third-order valence-electron chi connectivity index (χ3n) is 11.8. The Morgan fingerprint density at radius 2 is 0.843 bits per heavy atom. The van der Waals surface area contributed by atoms with Gasteiger partial charge in [-0.2, -0.15) is 0 Å². The highest BCUT2D eigenvalue weighted by Gasteiger charge is 2.36. The Bertz CT molecular complexity index is 727. The van der Waals surface area contributed by atoms with Gasteiger partial charge in [-0.3, -0.25) is 14.5 Å². The van der Waals surface area contributed by atoms with Crippen molar-refractivity contribution in [2.75, 3.05) is 19.6 Å². The molecule has 0 unspecified atom stereocenters. The molecular weight excluding hydrogens is 633 g/mol. The molecule has 0 aromatic heterocycles.